The molecule has 0 atom stereocenters. The number of rotatable bonds is 8. The topological polar surface area (TPSA) is 74.6 Å². The van der Waals surface area contributed by atoms with Crippen LogP contribution in [0.5, 0.6) is 0 Å². The lowest BCUT2D eigenvalue weighted by atomic mass is 9.85. The summed E-state index contributed by atoms with van der Waals surface area (Å²) in [5.41, 5.74) is 0. The Bertz CT molecular complexity index is 668. The van der Waals surface area contributed by atoms with Crippen molar-refractivity contribution >= 4 is 58.3 Å². The average Bonchev–Trinajstić information content (AvgIpc) is 3.27. The van der Waals surface area contributed by atoms with Gasteiger partial charge in [-0.2, -0.15) is 0 Å². The average molecular weight is 457 g/mol. The molecular formula is C18H22BBrO4S2. The van der Waals surface area contributed by atoms with E-state index in [1.807, 2.05) is 24.3 Å². The summed E-state index contributed by atoms with van der Waals surface area (Å²) >= 11 is 6.23. The number of carbonyl (C=O) groups is 2. The maximum atomic E-state index is 10.3. The molecule has 0 aliphatic rings. The molecular weight excluding hydrogens is 435 g/mol. The molecule has 0 spiro atoms. The summed E-state index contributed by atoms with van der Waals surface area (Å²) < 4.78 is 1.000. The van der Waals surface area contributed by atoms with E-state index in [2.05, 4.69) is 29.1 Å². The van der Waals surface area contributed by atoms with Gasteiger partial charge in [0.2, 0.25) is 0 Å². The SMILES string of the molecule is C=CCCB(O)O.C=CCCc1ccc(C=O)s1.O=Cc1ccc(Br)s1. The highest BCUT2D eigenvalue weighted by atomic mass is 79.9. The van der Waals surface area contributed by atoms with Gasteiger partial charge in [-0.3, -0.25) is 9.59 Å². The van der Waals surface area contributed by atoms with Gasteiger partial charge >= 0.3 is 7.12 Å². The minimum Gasteiger partial charge on any atom is -0.427 e. The quantitative estimate of drug-likeness (QED) is 0.331. The number of hydrogen-bond donors (Lipinski definition) is 2. The second-order valence-electron chi connectivity index (χ2n) is 4.86. The molecule has 2 rings (SSSR count). The number of thiophene rings is 2. The molecule has 0 saturated heterocycles. The first-order valence-electron chi connectivity index (χ1n) is 7.79. The molecule has 0 aromatic carbocycles. The lowest BCUT2D eigenvalue weighted by molar-refractivity contribution is 0.111. The highest BCUT2D eigenvalue weighted by Gasteiger charge is 2.01. The van der Waals surface area contributed by atoms with Crippen molar-refractivity contribution in [2.24, 2.45) is 0 Å². The molecule has 0 aliphatic heterocycles. The summed E-state index contributed by atoms with van der Waals surface area (Å²) in [6.07, 6.45) is 8.32. The van der Waals surface area contributed by atoms with E-state index in [0.29, 0.717) is 12.7 Å². The standard InChI is InChI=1S/C9H10OS.C5H3BrOS.C4H9BO2/c1-2-3-4-8-5-6-9(7-10)11-8;6-5-2-1-4(3-7)8-5;1-2-3-4-5(6)7/h2,5-7H,1,3-4H2;1-3H;2,6-7H,1,3-4H2. The van der Waals surface area contributed by atoms with E-state index in [9.17, 15) is 9.59 Å². The number of aldehydes is 2. The fraction of sp³-hybridized carbons (Fsp3) is 0.222. The van der Waals surface area contributed by atoms with Crippen molar-refractivity contribution < 1.29 is 19.6 Å². The van der Waals surface area contributed by atoms with Crippen LogP contribution in [0.25, 0.3) is 0 Å². The van der Waals surface area contributed by atoms with Gasteiger partial charge in [0.25, 0.3) is 0 Å². The van der Waals surface area contributed by atoms with Crippen molar-refractivity contribution in [2.75, 3.05) is 0 Å². The fourth-order valence-corrected chi connectivity index (χ4v) is 3.58. The Morgan fingerprint density at radius 2 is 1.54 bits per heavy atom. The second-order valence-corrected chi connectivity index (χ2v) is 8.55. The van der Waals surface area contributed by atoms with E-state index in [4.69, 9.17) is 10.0 Å². The Balaban J connectivity index is 0.000000373. The number of halogens is 1. The number of aryl methyl sites for hydroxylation is 1. The van der Waals surface area contributed by atoms with Crippen LogP contribution in [0.15, 0.2) is 53.4 Å². The van der Waals surface area contributed by atoms with Crippen LogP contribution in [0.1, 0.15) is 37.1 Å². The van der Waals surface area contributed by atoms with Gasteiger partial charge in [0.05, 0.1) is 13.5 Å². The molecule has 4 nitrogen and oxygen atoms in total. The van der Waals surface area contributed by atoms with Crippen molar-refractivity contribution in [1.29, 1.82) is 0 Å². The predicted octanol–water partition coefficient (Wildman–Crippen LogP) is 5.04. The van der Waals surface area contributed by atoms with Crippen LogP contribution >= 0.6 is 38.6 Å². The van der Waals surface area contributed by atoms with E-state index < -0.39 is 7.12 Å². The first-order chi connectivity index (χ1) is 12.5. The van der Waals surface area contributed by atoms with Gasteiger partial charge < -0.3 is 10.0 Å². The van der Waals surface area contributed by atoms with Crippen LogP contribution in [0, 0.1) is 0 Å². The summed E-state index contributed by atoms with van der Waals surface area (Å²) in [5.74, 6) is 0. The number of allylic oxidation sites excluding steroid dienone is 2. The highest BCUT2D eigenvalue weighted by Crippen LogP contribution is 2.20. The number of carbonyl (C=O) groups excluding carboxylic acids is 2. The Morgan fingerprint density at radius 3 is 1.88 bits per heavy atom. The molecule has 26 heavy (non-hydrogen) atoms. The highest BCUT2D eigenvalue weighted by molar-refractivity contribution is 9.11. The normalized spacial score (nSPS) is 9.04. The summed E-state index contributed by atoms with van der Waals surface area (Å²) in [7, 11) is -1.17. The Hall–Kier alpha value is -1.32. The maximum absolute atomic E-state index is 10.3. The van der Waals surface area contributed by atoms with Crippen LogP contribution in [0.4, 0.5) is 0 Å². The molecule has 8 heteroatoms. The molecule has 2 N–H and O–H groups in total. The lowest BCUT2D eigenvalue weighted by Gasteiger charge is -1.89. The fourth-order valence-electron chi connectivity index (χ4n) is 1.50. The van der Waals surface area contributed by atoms with Crippen LogP contribution in [-0.4, -0.2) is 29.7 Å². The van der Waals surface area contributed by atoms with Crippen LogP contribution in [0.2, 0.25) is 6.32 Å². The van der Waals surface area contributed by atoms with E-state index in [1.54, 1.807) is 23.5 Å². The van der Waals surface area contributed by atoms with Crippen LogP contribution in [0.3, 0.4) is 0 Å². The monoisotopic (exact) mass is 456 g/mol. The van der Waals surface area contributed by atoms with Gasteiger partial charge in [0.15, 0.2) is 12.6 Å². The molecule has 0 bridgehead atoms. The molecule has 0 unspecified atom stereocenters. The van der Waals surface area contributed by atoms with Gasteiger partial charge in [-0.1, -0.05) is 12.2 Å². The summed E-state index contributed by atoms with van der Waals surface area (Å²) in [6, 6.07) is 7.49. The zero-order valence-electron chi connectivity index (χ0n) is 14.3. The number of hydrogen-bond acceptors (Lipinski definition) is 6. The molecule has 0 amide bonds. The molecule has 0 aliphatic carbocycles. The third kappa shape index (κ3) is 13.0. The van der Waals surface area contributed by atoms with E-state index in [-0.39, 0.29) is 0 Å². The lowest BCUT2D eigenvalue weighted by Crippen LogP contribution is -2.08. The van der Waals surface area contributed by atoms with Gasteiger partial charge in [-0.15, -0.1) is 35.8 Å². The van der Waals surface area contributed by atoms with Crippen molar-refractivity contribution in [3.05, 3.63) is 68.0 Å². The smallest absolute Gasteiger partial charge is 0.427 e. The van der Waals surface area contributed by atoms with Crippen LogP contribution < -0.4 is 0 Å². The van der Waals surface area contributed by atoms with E-state index in [0.717, 1.165) is 39.0 Å². The van der Waals surface area contributed by atoms with Gasteiger partial charge in [0.1, 0.15) is 0 Å². The molecule has 2 heterocycles. The van der Waals surface area contributed by atoms with Gasteiger partial charge in [0, 0.05) is 4.88 Å². The third-order valence-corrected chi connectivity index (χ3v) is 5.35. The van der Waals surface area contributed by atoms with Crippen molar-refractivity contribution in [2.45, 2.75) is 25.6 Å². The largest absolute Gasteiger partial charge is 0.451 e. The van der Waals surface area contributed by atoms with Gasteiger partial charge in [-0.05, 0) is 65.8 Å². The summed E-state index contributed by atoms with van der Waals surface area (Å²) in [6.45, 7) is 7.05. The molecule has 0 saturated carbocycles. The second kappa shape index (κ2) is 15.9. The zero-order chi connectivity index (χ0) is 19.8. The minimum absolute atomic E-state index is 0.392. The molecule has 2 aromatic rings. The molecule has 2 aromatic heterocycles. The summed E-state index contributed by atoms with van der Waals surface area (Å²) in [4.78, 5) is 23.1. The van der Waals surface area contributed by atoms with E-state index >= 15 is 0 Å². The van der Waals surface area contributed by atoms with Crippen molar-refractivity contribution in [1.82, 2.24) is 0 Å². The first kappa shape index (κ1) is 24.7. The Kier molecular flexibility index (Phi) is 15.1. The van der Waals surface area contributed by atoms with Crippen molar-refractivity contribution in [3.8, 4) is 0 Å². The third-order valence-electron chi connectivity index (χ3n) is 2.73. The predicted molar refractivity (Wildman–Crippen MR) is 115 cm³/mol. The minimum atomic E-state index is -1.17. The molecule has 0 radical (unpaired) electrons. The first-order valence-corrected chi connectivity index (χ1v) is 10.2. The van der Waals surface area contributed by atoms with E-state index in [1.165, 1.54) is 16.2 Å². The zero-order valence-corrected chi connectivity index (χ0v) is 17.6. The maximum Gasteiger partial charge on any atom is 0.451 e. The molecule has 0 fully saturated rings. The van der Waals surface area contributed by atoms with Crippen molar-refractivity contribution in [3.63, 3.8) is 0 Å². The van der Waals surface area contributed by atoms with Gasteiger partial charge in [-0.25, -0.2) is 0 Å². The Labute approximate surface area is 171 Å². The van der Waals surface area contributed by atoms with Crippen LogP contribution in [-0.2, 0) is 6.42 Å². The molecule has 140 valence electrons. The Morgan fingerprint density at radius 1 is 0.962 bits per heavy atom. The summed E-state index contributed by atoms with van der Waals surface area (Å²) in [5, 5.41) is 16.4.